The molecule has 6 nitrogen and oxygen atoms in total. The summed E-state index contributed by atoms with van der Waals surface area (Å²) in [5.74, 6) is 1.40. The van der Waals surface area contributed by atoms with Gasteiger partial charge in [0.05, 0.1) is 34.6 Å². The molecule has 5 rings (SSSR count). The highest BCUT2D eigenvalue weighted by molar-refractivity contribution is 7.22. The molecule has 2 aromatic carbocycles. The molecule has 1 aliphatic rings. The molecule has 1 atom stereocenters. The van der Waals surface area contributed by atoms with E-state index in [1.807, 2.05) is 25.1 Å². The summed E-state index contributed by atoms with van der Waals surface area (Å²) in [4.78, 5) is 14.0. The van der Waals surface area contributed by atoms with Gasteiger partial charge in [-0.2, -0.15) is 0 Å². The fourth-order valence-electron chi connectivity index (χ4n) is 3.71. The smallest absolute Gasteiger partial charge is 0.232 e. The summed E-state index contributed by atoms with van der Waals surface area (Å²) >= 11 is 1.66. The van der Waals surface area contributed by atoms with Crippen LogP contribution in [0.1, 0.15) is 17.5 Å². The van der Waals surface area contributed by atoms with Gasteiger partial charge in [0.25, 0.3) is 0 Å². The SMILES string of the molecule is COc1cnc2c(-c3nc4ccc5c(c4s3)CC(CCO)O5)cc(C)cc2n1. The Balaban J connectivity index is 1.66. The van der Waals surface area contributed by atoms with Crippen LogP contribution in [0.25, 0.3) is 31.8 Å². The number of fused-ring (bicyclic) bond motifs is 4. The van der Waals surface area contributed by atoms with Crippen molar-refractivity contribution in [2.75, 3.05) is 13.7 Å². The summed E-state index contributed by atoms with van der Waals surface area (Å²) in [6, 6.07) is 8.10. The maximum atomic E-state index is 9.22. The molecule has 1 unspecified atom stereocenters. The molecule has 3 heterocycles. The number of nitrogens with zero attached hydrogens (tertiary/aromatic N) is 3. The first-order valence-corrected chi connectivity index (χ1v) is 9.99. The fraction of sp³-hybridized carbons (Fsp3) is 0.286. The topological polar surface area (TPSA) is 77.4 Å². The third-order valence-electron chi connectivity index (χ3n) is 5.00. The molecule has 4 aromatic rings. The first-order chi connectivity index (χ1) is 13.7. The second-order valence-corrected chi connectivity index (χ2v) is 7.96. The summed E-state index contributed by atoms with van der Waals surface area (Å²) in [5.41, 5.74) is 5.83. The van der Waals surface area contributed by atoms with Gasteiger partial charge in [-0.1, -0.05) is 0 Å². The minimum absolute atomic E-state index is 0.0364. The molecule has 7 heteroatoms. The average molecular weight is 393 g/mol. The van der Waals surface area contributed by atoms with Gasteiger partial charge in [-0.15, -0.1) is 11.3 Å². The van der Waals surface area contributed by atoms with Crippen LogP contribution in [-0.4, -0.2) is 39.9 Å². The monoisotopic (exact) mass is 393 g/mol. The number of aliphatic hydroxyl groups is 1. The molecule has 0 aliphatic carbocycles. The number of benzene rings is 2. The van der Waals surface area contributed by atoms with E-state index in [9.17, 15) is 5.11 Å². The van der Waals surface area contributed by atoms with Crippen molar-refractivity contribution >= 4 is 32.6 Å². The maximum absolute atomic E-state index is 9.22. The van der Waals surface area contributed by atoms with Gasteiger partial charge in [-0.05, 0) is 36.8 Å². The Kier molecular flexibility index (Phi) is 4.14. The zero-order valence-electron chi connectivity index (χ0n) is 15.6. The standard InChI is InChI=1S/C21H19N3O3S/c1-11-7-14(19-16(8-11)23-18(26-2)10-22-19)21-24-15-3-4-17-13(20(15)28-21)9-12(27-17)5-6-25/h3-4,7-8,10,12,25H,5-6,9H2,1-2H3. The molecule has 2 aromatic heterocycles. The van der Waals surface area contributed by atoms with E-state index in [1.54, 1.807) is 24.6 Å². The highest BCUT2D eigenvalue weighted by Gasteiger charge is 2.26. The lowest BCUT2D eigenvalue weighted by Gasteiger charge is -2.07. The second-order valence-electron chi connectivity index (χ2n) is 6.96. The zero-order valence-corrected chi connectivity index (χ0v) is 16.4. The van der Waals surface area contributed by atoms with Crippen LogP contribution in [0.3, 0.4) is 0 Å². The predicted molar refractivity (Wildman–Crippen MR) is 109 cm³/mol. The van der Waals surface area contributed by atoms with E-state index in [2.05, 4.69) is 16.0 Å². The molecular weight excluding hydrogens is 374 g/mol. The minimum atomic E-state index is 0.0364. The summed E-state index contributed by atoms with van der Waals surface area (Å²) in [7, 11) is 1.59. The molecule has 28 heavy (non-hydrogen) atoms. The minimum Gasteiger partial charge on any atom is -0.490 e. The first-order valence-electron chi connectivity index (χ1n) is 9.18. The van der Waals surface area contributed by atoms with E-state index in [1.165, 1.54) is 5.56 Å². The molecule has 0 bridgehead atoms. The van der Waals surface area contributed by atoms with E-state index in [0.29, 0.717) is 12.3 Å². The van der Waals surface area contributed by atoms with E-state index in [4.69, 9.17) is 14.5 Å². The van der Waals surface area contributed by atoms with Crippen molar-refractivity contribution in [3.05, 3.63) is 41.6 Å². The van der Waals surface area contributed by atoms with Gasteiger partial charge in [-0.3, -0.25) is 0 Å². The lowest BCUT2D eigenvalue weighted by atomic mass is 10.1. The summed E-state index contributed by atoms with van der Waals surface area (Å²) in [6.07, 6.45) is 3.12. The van der Waals surface area contributed by atoms with E-state index < -0.39 is 0 Å². The molecule has 0 amide bonds. The normalized spacial score (nSPS) is 15.8. The van der Waals surface area contributed by atoms with Gasteiger partial charge >= 0.3 is 0 Å². The van der Waals surface area contributed by atoms with Crippen LogP contribution < -0.4 is 9.47 Å². The number of rotatable bonds is 4. The van der Waals surface area contributed by atoms with E-state index in [0.717, 1.165) is 49.6 Å². The van der Waals surface area contributed by atoms with Gasteiger partial charge in [0, 0.05) is 30.6 Å². The maximum Gasteiger partial charge on any atom is 0.232 e. The molecule has 1 aliphatic heterocycles. The molecular formula is C21H19N3O3S. The van der Waals surface area contributed by atoms with Crippen LogP contribution in [0.2, 0.25) is 0 Å². The van der Waals surface area contributed by atoms with Crippen molar-refractivity contribution in [1.29, 1.82) is 0 Å². The highest BCUT2D eigenvalue weighted by Crippen LogP contribution is 2.42. The number of methoxy groups -OCH3 is 1. The first kappa shape index (κ1) is 17.3. The summed E-state index contributed by atoms with van der Waals surface area (Å²) in [5, 5.41) is 10.1. The third-order valence-corrected chi connectivity index (χ3v) is 6.17. The Bertz CT molecular complexity index is 1200. The Morgan fingerprint density at radius 3 is 2.96 bits per heavy atom. The molecule has 1 N–H and O–H groups in total. The molecule has 142 valence electrons. The molecule has 0 saturated heterocycles. The van der Waals surface area contributed by atoms with Crippen molar-refractivity contribution in [3.63, 3.8) is 0 Å². The van der Waals surface area contributed by atoms with E-state index in [-0.39, 0.29) is 12.7 Å². The van der Waals surface area contributed by atoms with Crippen molar-refractivity contribution in [2.45, 2.75) is 25.9 Å². The second kappa shape index (κ2) is 6.68. The summed E-state index contributed by atoms with van der Waals surface area (Å²) < 4.78 is 12.3. The van der Waals surface area contributed by atoms with Crippen LogP contribution in [0, 0.1) is 6.92 Å². The van der Waals surface area contributed by atoms with Crippen LogP contribution in [-0.2, 0) is 6.42 Å². The lowest BCUT2D eigenvalue weighted by Crippen LogP contribution is -2.14. The molecule has 0 spiro atoms. The Hall–Kier alpha value is -2.77. The lowest BCUT2D eigenvalue weighted by molar-refractivity contribution is 0.175. The van der Waals surface area contributed by atoms with Gasteiger partial charge in [0.2, 0.25) is 5.88 Å². The van der Waals surface area contributed by atoms with Crippen molar-refractivity contribution in [3.8, 4) is 22.2 Å². The van der Waals surface area contributed by atoms with Crippen molar-refractivity contribution < 1.29 is 14.6 Å². The highest BCUT2D eigenvalue weighted by atomic mass is 32.1. The van der Waals surface area contributed by atoms with Gasteiger partial charge in [0.15, 0.2) is 0 Å². The Labute approximate surface area is 165 Å². The van der Waals surface area contributed by atoms with Crippen LogP contribution in [0.4, 0.5) is 0 Å². The third kappa shape index (κ3) is 2.78. The molecule has 0 fully saturated rings. The molecule has 0 saturated carbocycles. The number of aryl methyl sites for hydroxylation is 1. The molecule has 0 radical (unpaired) electrons. The zero-order chi connectivity index (χ0) is 19.3. The Morgan fingerprint density at radius 1 is 1.25 bits per heavy atom. The Morgan fingerprint density at radius 2 is 2.14 bits per heavy atom. The van der Waals surface area contributed by atoms with Gasteiger partial charge in [-0.25, -0.2) is 15.0 Å². The van der Waals surface area contributed by atoms with Crippen LogP contribution in [0.15, 0.2) is 30.5 Å². The fourth-order valence-corrected chi connectivity index (χ4v) is 4.84. The van der Waals surface area contributed by atoms with Crippen LogP contribution >= 0.6 is 11.3 Å². The van der Waals surface area contributed by atoms with Crippen LogP contribution in [0.5, 0.6) is 11.6 Å². The van der Waals surface area contributed by atoms with E-state index >= 15 is 0 Å². The average Bonchev–Trinajstić information content (AvgIpc) is 3.30. The summed E-state index contributed by atoms with van der Waals surface area (Å²) in [6.45, 7) is 2.18. The number of hydrogen-bond acceptors (Lipinski definition) is 7. The number of hydrogen-bond donors (Lipinski definition) is 1. The predicted octanol–water partition coefficient (Wildman–Crippen LogP) is 3.91. The number of ether oxygens (including phenoxy) is 2. The quantitative estimate of drug-likeness (QED) is 0.566. The van der Waals surface area contributed by atoms with Gasteiger partial charge in [0.1, 0.15) is 16.9 Å². The number of aliphatic hydroxyl groups excluding tert-OH is 1. The number of thiazole rings is 1. The number of aromatic nitrogens is 3. The van der Waals surface area contributed by atoms with Crippen molar-refractivity contribution in [2.24, 2.45) is 0 Å². The van der Waals surface area contributed by atoms with Gasteiger partial charge < -0.3 is 14.6 Å². The largest absolute Gasteiger partial charge is 0.490 e. The van der Waals surface area contributed by atoms with Crippen molar-refractivity contribution in [1.82, 2.24) is 15.0 Å².